The highest BCUT2D eigenvalue weighted by Gasteiger charge is 2.13. The number of hydrogen-bond donors (Lipinski definition) is 1. The fourth-order valence-electron chi connectivity index (χ4n) is 1.20. The monoisotopic (exact) mass is 305 g/mol. The van der Waals surface area contributed by atoms with Crippen molar-refractivity contribution in [2.24, 2.45) is 0 Å². The Kier molecular flexibility index (Phi) is 3.74. The highest BCUT2D eigenvalue weighted by molar-refractivity contribution is 14.1. The van der Waals surface area contributed by atoms with Crippen LogP contribution in [0.25, 0.3) is 0 Å². The van der Waals surface area contributed by atoms with Crippen LogP contribution in [0.2, 0.25) is 0 Å². The Hall–Kier alpha value is -0.780. The predicted octanol–water partition coefficient (Wildman–Crippen LogP) is 2.47. The van der Waals surface area contributed by atoms with Crippen molar-refractivity contribution >= 4 is 34.1 Å². The molecule has 0 saturated heterocycles. The smallest absolute Gasteiger partial charge is 0.163 e. The van der Waals surface area contributed by atoms with E-state index in [1.54, 1.807) is 12.1 Å². The van der Waals surface area contributed by atoms with E-state index in [9.17, 15) is 4.79 Å². The lowest BCUT2D eigenvalue weighted by atomic mass is 10.1. The summed E-state index contributed by atoms with van der Waals surface area (Å²) in [5, 5.41) is 0. The maximum Gasteiger partial charge on any atom is 0.163 e. The molecule has 0 aliphatic rings. The van der Waals surface area contributed by atoms with Crippen molar-refractivity contribution in [1.82, 2.24) is 0 Å². The number of rotatable bonds is 3. The molecule has 0 radical (unpaired) electrons. The number of carbonyl (C=O) groups is 1. The van der Waals surface area contributed by atoms with E-state index in [2.05, 4.69) is 22.6 Å². The molecule has 4 heteroatoms. The third kappa shape index (κ3) is 2.17. The van der Waals surface area contributed by atoms with E-state index in [1.807, 2.05) is 6.92 Å². The van der Waals surface area contributed by atoms with Gasteiger partial charge in [-0.2, -0.15) is 0 Å². The van der Waals surface area contributed by atoms with Crippen LogP contribution in [0.15, 0.2) is 12.1 Å². The van der Waals surface area contributed by atoms with Crippen molar-refractivity contribution in [2.75, 3.05) is 12.3 Å². The first kappa shape index (κ1) is 11.3. The number of hydrogen-bond acceptors (Lipinski definition) is 3. The molecule has 0 amide bonds. The molecule has 0 heterocycles. The van der Waals surface area contributed by atoms with Crippen LogP contribution in [0.5, 0.6) is 5.75 Å². The second kappa shape index (κ2) is 4.63. The molecular weight excluding hydrogens is 293 g/mol. The molecule has 0 saturated carbocycles. The van der Waals surface area contributed by atoms with Gasteiger partial charge in [-0.05, 0) is 48.6 Å². The molecule has 0 fully saturated rings. The first-order valence-corrected chi connectivity index (χ1v) is 5.37. The molecule has 14 heavy (non-hydrogen) atoms. The molecule has 76 valence electrons. The highest BCUT2D eigenvalue weighted by Crippen LogP contribution is 2.29. The van der Waals surface area contributed by atoms with Gasteiger partial charge in [0.1, 0.15) is 5.75 Å². The first-order valence-electron chi connectivity index (χ1n) is 4.29. The van der Waals surface area contributed by atoms with Crippen LogP contribution >= 0.6 is 22.6 Å². The molecule has 3 nitrogen and oxygen atoms in total. The van der Waals surface area contributed by atoms with Crippen molar-refractivity contribution in [3.8, 4) is 5.75 Å². The van der Waals surface area contributed by atoms with E-state index in [4.69, 9.17) is 10.5 Å². The molecule has 1 aromatic carbocycles. The molecule has 0 aliphatic heterocycles. The lowest BCUT2D eigenvalue weighted by Gasteiger charge is -2.10. The second-order valence-electron chi connectivity index (χ2n) is 2.83. The highest BCUT2D eigenvalue weighted by atomic mass is 127. The van der Waals surface area contributed by atoms with E-state index in [-0.39, 0.29) is 5.78 Å². The minimum atomic E-state index is -0.0338. The lowest BCUT2D eigenvalue weighted by molar-refractivity contribution is 0.101. The topological polar surface area (TPSA) is 52.3 Å². The maximum absolute atomic E-state index is 11.3. The van der Waals surface area contributed by atoms with Gasteiger partial charge in [-0.25, -0.2) is 0 Å². The number of benzene rings is 1. The Bertz CT molecular complexity index is 363. The SMILES string of the molecule is CCOc1ccc(N)c(C(C)=O)c1I. The molecule has 1 rings (SSSR count). The van der Waals surface area contributed by atoms with Crippen LogP contribution in [-0.4, -0.2) is 12.4 Å². The zero-order chi connectivity index (χ0) is 10.7. The molecule has 0 spiro atoms. The van der Waals surface area contributed by atoms with E-state index in [0.29, 0.717) is 23.6 Å². The molecule has 0 unspecified atom stereocenters. The summed E-state index contributed by atoms with van der Waals surface area (Å²) in [6, 6.07) is 3.48. The van der Waals surface area contributed by atoms with Crippen molar-refractivity contribution in [1.29, 1.82) is 0 Å². The third-order valence-electron chi connectivity index (χ3n) is 1.79. The van der Waals surface area contributed by atoms with Gasteiger partial charge in [0.15, 0.2) is 5.78 Å². The summed E-state index contributed by atoms with van der Waals surface area (Å²) >= 11 is 2.08. The molecule has 1 aromatic rings. The second-order valence-corrected chi connectivity index (χ2v) is 3.91. The predicted molar refractivity (Wildman–Crippen MR) is 64.7 cm³/mol. The largest absolute Gasteiger partial charge is 0.493 e. The van der Waals surface area contributed by atoms with Gasteiger partial charge in [0.05, 0.1) is 15.7 Å². The van der Waals surface area contributed by atoms with Gasteiger partial charge in [-0.15, -0.1) is 0 Å². The van der Waals surface area contributed by atoms with Gasteiger partial charge >= 0.3 is 0 Å². The van der Waals surface area contributed by atoms with Gasteiger partial charge in [0.25, 0.3) is 0 Å². The zero-order valence-electron chi connectivity index (χ0n) is 8.13. The van der Waals surface area contributed by atoms with Crippen molar-refractivity contribution in [2.45, 2.75) is 13.8 Å². The van der Waals surface area contributed by atoms with Crippen molar-refractivity contribution < 1.29 is 9.53 Å². The van der Waals surface area contributed by atoms with Gasteiger partial charge in [0, 0.05) is 5.69 Å². The number of ketones is 1. The van der Waals surface area contributed by atoms with Crippen LogP contribution < -0.4 is 10.5 Å². The van der Waals surface area contributed by atoms with E-state index in [0.717, 1.165) is 3.57 Å². The van der Waals surface area contributed by atoms with E-state index >= 15 is 0 Å². The zero-order valence-corrected chi connectivity index (χ0v) is 10.3. The number of carbonyl (C=O) groups excluding carboxylic acids is 1. The fraction of sp³-hybridized carbons (Fsp3) is 0.300. The standard InChI is InChI=1S/C10H12INO2/c1-3-14-8-5-4-7(12)9(6(2)13)10(8)11/h4-5H,3,12H2,1-2H3. The number of anilines is 1. The molecule has 0 bridgehead atoms. The molecule has 0 atom stereocenters. The summed E-state index contributed by atoms with van der Waals surface area (Å²) in [5.41, 5.74) is 6.76. The summed E-state index contributed by atoms with van der Waals surface area (Å²) in [6.07, 6.45) is 0. The molecule has 0 aromatic heterocycles. The summed E-state index contributed by atoms with van der Waals surface area (Å²) in [7, 11) is 0. The lowest BCUT2D eigenvalue weighted by Crippen LogP contribution is -2.05. The van der Waals surface area contributed by atoms with Crippen LogP contribution in [0.3, 0.4) is 0 Å². The summed E-state index contributed by atoms with van der Waals surface area (Å²) in [4.78, 5) is 11.3. The van der Waals surface area contributed by atoms with Crippen LogP contribution in [-0.2, 0) is 0 Å². The van der Waals surface area contributed by atoms with Crippen LogP contribution in [0, 0.1) is 3.57 Å². The number of nitrogens with two attached hydrogens (primary N) is 1. The van der Waals surface area contributed by atoms with Crippen molar-refractivity contribution in [3.05, 3.63) is 21.3 Å². The normalized spacial score (nSPS) is 9.93. The van der Waals surface area contributed by atoms with E-state index < -0.39 is 0 Å². The maximum atomic E-state index is 11.3. The Morgan fingerprint density at radius 3 is 2.71 bits per heavy atom. The molecule has 2 N–H and O–H groups in total. The third-order valence-corrected chi connectivity index (χ3v) is 2.86. The minimum absolute atomic E-state index is 0.0338. The van der Waals surface area contributed by atoms with Gasteiger partial charge in [0.2, 0.25) is 0 Å². The average Bonchev–Trinajstić information content (AvgIpc) is 2.10. The Balaban J connectivity index is 3.26. The molecular formula is C10H12INO2. The van der Waals surface area contributed by atoms with Crippen LogP contribution in [0.1, 0.15) is 24.2 Å². The molecule has 0 aliphatic carbocycles. The first-order chi connectivity index (χ1) is 6.57. The van der Waals surface area contributed by atoms with Crippen LogP contribution in [0.4, 0.5) is 5.69 Å². The van der Waals surface area contributed by atoms with E-state index in [1.165, 1.54) is 6.92 Å². The Morgan fingerprint density at radius 2 is 2.21 bits per heavy atom. The number of nitrogen functional groups attached to an aromatic ring is 1. The average molecular weight is 305 g/mol. The minimum Gasteiger partial charge on any atom is -0.493 e. The van der Waals surface area contributed by atoms with Crippen molar-refractivity contribution in [3.63, 3.8) is 0 Å². The number of Topliss-reactive ketones (excluding diaryl/α,β-unsaturated/α-hetero) is 1. The quantitative estimate of drug-likeness (QED) is 0.530. The summed E-state index contributed by atoms with van der Waals surface area (Å²) in [5.74, 6) is 0.681. The Morgan fingerprint density at radius 1 is 1.57 bits per heavy atom. The van der Waals surface area contributed by atoms with Gasteiger partial charge in [-0.1, -0.05) is 0 Å². The van der Waals surface area contributed by atoms with Gasteiger partial charge in [-0.3, -0.25) is 4.79 Å². The Labute approximate surface area is 96.8 Å². The number of halogens is 1. The van der Waals surface area contributed by atoms with Gasteiger partial charge < -0.3 is 10.5 Å². The number of ether oxygens (including phenoxy) is 1. The summed E-state index contributed by atoms with van der Waals surface area (Å²) < 4.78 is 6.16. The summed E-state index contributed by atoms with van der Waals surface area (Å²) in [6.45, 7) is 3.99. The fourth-order valence-corrected chi connectivity index (χ4v) is 2.22.